The second-order valence-corrected chi connectivity index (χ2v) is 6.21. The molecule has 3 rings (SSSR count). The monoisotopic (exact) mass is 350 g/mol. The van der Waals surface area contributed by atoms with Crippen LogP contribution < -0.4 is 4.90 Å². The van der Waals surface area contributed by atoms with Gasteiger partial charge in [0.2, 0.25) is 0 Å². The molecule has 1 aliphatic heterocycles. The zero-order chi connectivity index (χ0) is 14.7. The van der Waals surface area contributed by atoms with Gasteiger partial charge in [0, 0.05) is 34.8 Å². The standard InChI is InChI=1S/C16H19BrN2O2/c17-12-3-4-15-14(10-12)16(5-6-18-15)19-7-1-2-13(11-19)21-9-8-20/h3-6,10,13,20H,1-2,7-9,11H2. The fourth-order valence-electron chi connectivity index (χ4n) is 2.89. The van der Waals surface area contributed by atoms with Crippen LogP contribution in [-0.2, 0) is 4.74 Å². The molecule has 4 nitrogen and oxygen atoms in total. The lowest BCUT2D eigenvalue weighted by Gasteiger charge is -2.34. The van der Waals surface area contributed by atoms with Gasteiger partial charge in [-0.2, -0.15) is 0 Å². The number of benzene rings is 1. The highest BCUT2D eigenvalue weighted by Crippen LogP contribution is 2.30. The minimum absolute atomic E-state index is 0.0850. The van der Waals surface area contributed by atoms with Crippen LogP contribution in [-0.4, -0.2) is 42.5 Å². The Balaban J connectivity index is 1.87. The average molecular weight is 351 g/mol. The van der Waals surface area contributed by atoms with Crippen LogP contribution in [0.25, 0.3) is 10.9 Å². The van der Waals surface area contributed by atoms with E-state index >= 15 is 0 Å². The van der Waals surface area contributed by atoms with E-state index < -0.39 is 0 Å². The lowest BCUT2D eigenvalue weighted by molar-refractivity contribution is 0.0215. The number of aliphatic hydroxyl groups excluding tert-OH is 1. The van der Waals surface area contributed by atoms with E-state index in [9.17, 15) is 0 Å². The Hall–Kier alpha value is -1.17. The minimum atomic E-state index is 0.0850. The van der Waals surface area contributed by atoms with E-state index in [1.54, 1.807) is 0 Å². The third-order valence-corrected chi connectivity index (χ3v) is 4.34. The summed E-state index contributed by atoms with van der Waals surface area (Å²) < 4.78 is 6.77. The molecule has 1 atom stereocenters. The molecule has 0 aliphatic carbocycles. The van der Waals surface area contributed by atoms with E-state index in [1.807, 2.05) is 18.3 Å². The molecule has 1 fully saturated rings. The number of hydrogen-bond acceptors (Lipinski definition) is 4. The Morgan fingerprint density at radius 2 is 2.29 bits per heavy atom. The predicted molar refractivity (Wildman–Crippen MR) is 87.7 cm³/mol. The van der Waals surface area contributed by atoms with Crippen molar-refractivity contribution in [3.8, 4) is 0 Å². The molecule has 1 aliphatic rings. The van der Waals surface area contributed by atoms with E-state index in [1.165, 1.54) is 5.69 Å². The number of halogens is 1. The molecule has 1 unspecified atom stereocenters. The number of piperidine rings is 1. The molecule has 1 aromatic heterocycles. The molecule has 0 saturated carbocycles. The maximum absolute atomic E-state index is 8.90. The molecular formula is C16H19BrN2O2. The summed E-state index contributed by atoms with van der Waals surface area (Å²) in [6, 6.07) is 8.24. The van der Waals surface area contributed by atoms with Gasteiger partial charge in [0.15, 0.2) is 0 Å². The average Bonchev–Trinajstić information content (AvgIpc) is 2.52. The summed E-state index contributed by atoms with van der Waals surface area (Å²) in [6.45, 7) is 2.40. The zero-order valence-corrected chi connectivity index (χ0v) is 13.4. The molecule has 0 amide bonds. The lowest BCUT2D eigenvalue weighted by Crippen LogP contribution is -2.40. The number of aromatic nitrogens is 1. The van der Waals surface area contributed by atoms with Crippen molar-refractivity contribution in [1.29, 1.82) is 0 Å². The summed E-state index contributed by atoms with van der Waals surface area (Å²) in [7, 11) is 0. The Bertz CT molecular complexity index is 620. The van der Waals surface area contributed by atoms with Crippen LogP contribution in [0.1, 0.15) is 12.8 Å². The number of nitrogens with zero attached hydrogens (tertiary/aromatic N) is 2. The van der Waals surface area contributed by atoms with Crippen LogP contribution in [0.4, 0.5) is 5.69 Å². The van der Waals surface area contributed by atoms with E-state index in [0.29, 0.717) is 6.61 Å². The van der Waals surface area contributed by atoms with Crippen LogP contribution >= 0.6 is 15.9 Å². The Kier molecular flexibility index (Phi) is 4.73. The second kappa shape index (κ2) is 6.73. The summed E-state index contributed by atoms with van der Waals surface area (Å²) in [5.74, 6) is 0. The van der Waals surface area contributed by atoms with Gasteiger partial charge in [0.1, 0.15) is 0 Å². The summed E-state index contributed by atoms with van der Waals surface area (Å²) in [4.78, 5) is 6.80. The molecule has 1 saturated heterocycles. The van der Waals surface area contributed by atoms with Gasteiger partial charge in [-0.1, -0.05) is 15.9 Å². The lowest BCUT2D eigenvalue weighted by atomic mass is 10.1. The number of rotatable bonds is 4. The van der Waals surface area contributed by atoms with Gasteiger partial charge in [-0.25, -0.2) is 0 Å². The molecule has 2 aromatic rings. The van der Waals surface area contributed by atoms with Crippen LogP contribution in [0.15, 0.2) is 34.9 Å². The van der Waals surface area contributed by atoms with Crippen molar-refractivity contribution in [2.45, 2.75) is 18.9 Å². The fraction of sp³-hybridized carbons (Fsp3) is 0.438. The predicted octanol–water partition coefficient (Wildman–Crippen LogP) is 2.98. The highest BCUT2D eigenvalue weighted by Gasteiger charge is 2.21. The van der Waals surface area contributed by atoms with Gasteiger partial charge in [-0.05, 0) is 37.1 Å². The molecule has 1 N–H and O–H groups in total. The van der Waals surface area contributed by atoms with Gasteiger partial charge in [-0.3, -0.25) is 4.98 Å². The largest absolute Gasteiger partial charge is 0.394 e. The van der Waals surface area contributed by atoms with Crippen LogP contribution in [0.3, 0.4) is 0 Å². The first kappa shape index (κ1) is 14.8. The molecule has 1 aromatic carbocycles. The maximum atomic E-state index is 8.90. The van der Waals surface area contributed by atoms with Gasteiger partial charge in [0.25, 0.3) is 0 Å². The number of ether oxygens (including phenoxy) is 1. The molecule has 0 spiro atoms. The smallest absolute Gasteiger partial charge is 0.0751 e. The quantitative estimate of drug-likeness (QED) is 0.920. The summed E-state index contributed by atoms with van der Waals surface area (Å²) in [6.07, 6.45) is 4.22. The minimum Gasteiger partial charge on any atom is -0.394 e. The third kappa shape index (κ3) is 3.36. The van der Waals surface area contributed by atoms with E-state index in [2.05, 4.69) is 37.9 Å². The Morgan fingerprint density at radius 1 is 1.38 bits per heavy atom. The van der Waals surface area contributed by atoms with E-state index in [-0.39, 0.29) is 12.7 Å². The van der Waals surface area contributed by atoms with Crippen molar-refractivity contribution < 1.29 is 9.84 Å². The van der Waals surface area contributed by atoms with Gasteiger partial charge in [0.05, 0.1) is 24.8 Å². The first-order valence-corrected chi connectivity index (χ1v) is 8.09. The number of hydrogen-bond donors (Lipinski definition) is 1. The van der Waals surface area contributed by atoms with E-state index in [4.69, 9.17) is 9.84 Å². The SMILES string of the molecule is OCCOC1CCCN(c2ccnc3ccc(Br)cc23)C1. The van der Waals surface area contributed by atoms with Crippen LogP contribution in [0.2, 0.25) is 0 Å². The number of aliphatic hydroxyl groups is 1. The number of anilines is 1. The second-order valence-electron chi connectivity index (χ2n) is 5.30. The van der Waals surface area contributed by atoms with Crippen molar-refractivity contribution in [1.82, 2.24) is 4.98 Å². The Morgan fingerprint density at radius 3 is 3.14 bits per heavy atom. The highest BCUT2D eigenvalue weighted by atomic mass is 79.9. The van der Waals surface area contributed by atoms with Gasteiger partial charge < -0.3 is 14.7 Å². The van der Waals surface area contributed by atoms with Crippen molar-refractivity contribution in [2.75, 3.05) is 31.2 Å². The third-order valence-electron chi connectivity index (χ3n) is 3.84. The molecule has 0 bridgehead atoms. The number of fused-ring (bicyclic) bond motifs is 1. The topological polar surface area (TPSA) is 45.6 Å². The van der Waals surface area contributed by atoms with Crippen molar-refractivity contribution >= 4 is 32.5 Å². The Labute approximate surface area is 132 Å². The summed E-state index contributed by atoms with van der Waals surface area (Å²) in [5.41, 5.74) is 2.22. The van der Waals surface area contributed by atoms with E-state index in [0.717, 1.165) is 41.3 Å². The van der Waals surface area contributed by atoms with Crippen LogP contribution in [0, 0.1) is 0 Å². The summed E-state index contributed by atoms with van der Waals surface area (Å²) >= 11 is 3.54. The first-order valence-electron chi connectivity index (χ1n) is 7.29. The summed E-state index contributed by atoms with van der Waals surface area (Å²) in [5, 5.41) is 10.1. The highest BCUT2D eigenvalue weighted by molar-refractivity contribution is 9.10. The normalized spacial score (nSPS) is 19.1. The van der Waals surface area contributed by atoms with Gasteiger partial charge >= 0.3 is 0 Å². The van der Waals surface area contributed by atoms with Gasteiger partial charge in [-0.15, -0.1) is 0 Å². The van der Waals surface area contributed by atoms with Crippen molar-refractivity contribution in [3.05, 3.63) is 34.9 Å². The molecule has 0 radical (unpaired) electrons. The molecule has 2 heterocycles. The van der Waals surface area contributed by atoms with Crippen molar-refractivity contribution in [2.24, 2.45) is 0 Å². The molecule has 5 heteroatoms. The molecular weight excluding hydrogens is 332 g/mol. The fourth-order valence-corrected chi connectivity index (χ4v) is 3.25. The maximum Gasteiger partial charge on any atom is 0.0751 e. The number of pyridine rings is 1. The first-order chi connectivity index (χ1) is 10.3. The van der Waals surface area contributed by atoms with Crippen LogP contribution in [0.5, 0.6) is 0 Å². The zero-order valence-electron chi connectivity index (χ0n) is 11.8. The molecule has 21 heavy (non-hydrogen) atoms. The molecule has 112 valence electrons. The van der Waals surface area contributed by atoms with Crippen molar-refractivity contribution in [3.63, 3.8) is 0 Å².